The van der Waals surface area contributed by atoms with Gasteiger partial charge in [0.25, 0.3) is 0 Å². The van der Waals surface area contributed by atoms with Crippen LogP contribution >= 0.6 is 15.9 Å². The molecule has 0 unspecified atom stereocenters. The second kappa shape index (κ2) is 8.87. The van der Waals surface area contributed by atoms with Crippen LogP contribution in [-0.4, -0.2) is 9.78 Å². The van der Waals surface area contributed by atoms with Gasteiger partial charge in [-0.05, 0) is 37.3 Å². The standard InChI is InChI=1S/C11H8BrF3N2.2C2H6/c1-7-6-10(11(13,14)15)16-17(7)9-4-2-8(12)3-5-9;2*1-2/h2-6H,1H3;2*1-2H3. The van der Waals surface area contributed by atoms with Crippen LogP contribution in [0.2, 0.25) is 0 Å². The maximum atomic E-state index is 12.5. The number of aromatic nitrogens is 2. The van der Waals surface area contributed by atoms with Gasteiger partial charge in [-0.3, -0.25) is 0 Å². The Kier molecular flexibility index (Phi) is 8.32. The number of hydrogen-bond acceptors (Lipinski definition) is 1. The quantitative estimate of drug-likeness (QED) is 0.605. The van der Waals surface area contributed by atoms with Crippen molar-refractivity contribution in [1.82, 2.24) is 9.78 Å². The molecule has 1 aromatic heterocycles. The number of aryl methyl sites for hydroxylation is 1. The average Bonchev–Trinajstić information content (AvgIpc) is 2.86. The molecule has 0 aliphatic rings. The molecule has 21 heavy (non-hydrogen) atoms. The highest BCUT2D eigenvalue weighted by molar-refractivity contribution is 9.10. The molecule has 0 aliphatic heterocycles. The zero-order valence-corrected chi connectivity index (χ0v) is 14.4. The van der Waals surface area contributed by atoms with Crippen molar-refractivity contribution in [3.63, 3.8) is 0 Å². The van der Waals surface area contributed by atoms with Gasteiger partial charge in [-0.25, -0.2) is 4.68 Å². The molecule has 0 aliphatic carbocycles. The molecule has 0 saturated heterocycles. The monoisotopic (exact) mass is 364 g/mol. The number of rotatable bonds is 1. The first-order chi connectivity index (χ1) is 9.88. The molecule has 0 N–H and O–H groups in total. The highest BCUT2D eigenvalue weighted by Gasteiger charge is 2.34. The fourth-order valence-corrected chi connectivity index (χ4v) is 1.72. The van der Waals surface area contributed by atoms with E-state index in [2.05, 4.69) is 21.0 Å². The Bertz CT molecular complexity index is 531. The van der Waals surface area contributed by atoms with E-state index < -0.39 is 11.9 Å². The Morgan fingerprint density at radius 1 is 1.00 bits per heavy atom. The van der Waals surface area contributed by atoms with Crippen LogP contribution in [-0.2, 0) is 6.18 Å². The fourth-order valence-electron chi connectivity index (χ4n) is 1.46. The van der Waals surface area contributed by atoms with Crippen LogP contribution in [0.5, 0.6) is 0 Å². The summed E-state index contributed by atoms with van der Waals surface area (Å²) >= 11 is 3.26. The molecule has 0 radical (unpaired) electrons. The largest absolute Gasteiger partial charge is 0.435 e. The molecule has 2 aromatic rings. The Morgan fingerprint density at radius 2 is 1.48 bits per heavy atom. The van der Waals surface area contributed by atoms with Crippen LogP contribution in [0, 0.1) is 6.92 Å². The SMILES string of the molecule is CC.CC.Cc1cc(C(F)(F)F)nn1-c1ccc(Br)cc1. The molecule has 0 fully saturated rings. The molecule has 0 amide bonds. The molecule has 0 spiro atoms. The minimum absolute atomic E-state index is 0.444. The summed E-state index contributed by atoms with van der Waals surface area (Å²) < 4.78 is 39.6. The van der Waals surface area contributed by atoms with Gasteiger partial charge in [0.2, 0.25) is 0 Å². The molecule has 2 nitrogen and oxygen atoms in total. The van der Waals surface area contributed by atoms with E-state index in [1.807, 2.05) is 27.7 Å². The highest BCUT2D eigenvalue weighted by Crippen LogP contribution is 2.29. The van der Waals surface area contributed by atoms with Crippen LogP contribution < -0.4 is 0 Å². The van der Waals surface area contributed by atoms with Gasteiger partial charge in [0.05, 0.1) is 5.69 Å². The smallest absolute Gasteiger partial charge is 0.238 e. The van der Waals surface area contributed by atoms with Crippen molar-refractivity contribution in [1.29, 1.82) is 0 Å². The predicted molar refractivity (Wildman–Crippen MR) is 83.7 cm³/mol. The van der Waals surface area contributed by atoms with E-state index in [0.717, 1.165) is 10.5 Å². The maximum Gasteiger partial charge on any atom is 0.435 e. The van der Waals surface area contributed by atoms with Gasteiger partial charge in [0.15, 0.2) is 5.69 Å². The number of halogens is 4. The van der Waals surface area contributed by atoms with Crippen LogP contribution in [0.15, 0.2) is 34.8 Å². The topological polar surface area (TPSA) is 17.8 Å². The first-order valence-electron chi connectivity index (χ1n) is 6.78. The Labute approximate surface area is 132 Å². The molecular weight excluding hydrogens is 345 g/mol. The lowest BCUT2D eigenvalue weighted by Crippen LogP contribution is -2.07. The molecule has 1 heterocycles. The summed E-state index contributed by atoms with van der Waals surface area (Å²) in [5.41, 5.74) is 0.166. The highest BCUT2D eigenvalue weighted by atomic mass is 79.9. The Balaban J connectivity index is 0.000000921. The second-order valence-corrected chi connectivity index (χ2v) is 4.47. The summed E-state index contributed by atoms with van der Waals surface area (Å²) in [5.74, 6) is 0. The predicted octanol–water partition coefficient (Wildman–Crippen LogP) is 6.01. The molecule has 0 atom stereocenters. The van der Waals surface area contributed by atoms with Gasteiger partial charge < -0.3 is 0 Å². The van der Waals surface area contributed by atoms with Gasteiger partial charge in [0, 0.05) is 10.2 Å². The van der Waals surface area contributed by atoms with E-state index in [9.17, 15) is 13.2 Å². The Morgan fingerprint density at radius 3 is 1.86 bits per heavy atom. The number of alkyl halides is 3. The van der Waals surface area contributed by atoms with Crippen molar-refractivity contribution < 1.29 is 13.2 Å². The van der Waals surface area contributed by atoms with Crippen molar-refractivity contribution in [3.8, 4) is 5.69 Å². The summed E-state index contributed by atoms with van der Waals surface area (Å²) in [7, 11) is 0. The third kappa shape index (κ3) is 5.53. The van der Waals surface area contributed by atoms with Crippen molar-refractivity contribution in [2.45, 2.75) is 40.8 Å². The minimum Gasteiger partial charge on any atom is -0.238 e. The van der Waals surface area contributed by atoms with Crippen LogP contribution in [0.3, 0.4) is 0 Å². The second-order valence-electron chi connectivity index (χ2n) is 3.56. The average molecular weight is 365 g/mol. The fraction of sp³-hybridized carbons (Fsp3) is 0.400. The van der Waals surface area contributed by atoms with Gasteiger partial charge in [0.1, 0.15) is 0 Å². The molecule has 1 aromatic carbocycles. The lowest BCUT2D eigenvalue weighted by molar-refractivity contribution is -0.141. The minimum atomic E-state index is -4.41. The zero-order valence-electron chi connectivity index (χ0n) is 12.8. The van der Waals surface area contributed by atoms with E-state index in [-0.39, 0.29) is 0 Å². The molecule has 6 heteroatoms. The Hall–Kier alpha value is -1.30. The first-order valence-corrected chi connectivity index (χ1v) is 7.57. The molecular formula is C15H20BrF3N2. The molecule has 2 rings (SSSR count). The number of benzene rings is 1. The maximum absolute atomic E-state index is 12.5. The summed E-state index contributed by atoms with van der Waals surface area (Å²) in [6.45, 7) is 9.59. The van der Waals surface area contributed by atoms with E-state index >= 15 is 0 Å². The van der Waals surface area contributed by atoms with Crippen molar-refractivity contribution >= 4 is 15.9 Å². The van der Waals surface area contributed by atoms with Crippen molar-refractivity contribution in [2.75, 3.05) is 0 Å². The third-order valence-corrected chi connectivity index (χ3v) is 2.78. The van der Waals surface area contributed by atoms with Crippen molar-refractivity contribution in [2.24, 2.45) is 0 Å². The van der Waals surface area contributed by atoms with E-state index in [4.69, 9.17) is 0 Å². The summed E-state index contributed by atoms with van der Waals surface area (Å²) in [5, 5.41) is 3.56. The van der Waals surface area contributed by atoms with Gasteiger partial charge in [-0.1, -0.05) is 43.6 Å². The molecule has 118 valence electrons. The normalized spacial score (nSPS) is 10.1. The summed E-state index contributed by atoms with van der Waals surface area (Å²) in [4.78, 5) is 0. The number of hydrogen-bond donors (Lipinski definition) is 0. The molecule has 0 saturated carbocycles. The lowest BCUT2D eigenvalue weighted by Gasteiger charge is -2.04. The third-order valence-electron chi connectivity index (χ3n) is 2.25. The summed E-state index contributed by atoms with van der Waals surface area (Å²) in [6.07, 6.45) is -4.41. The van der Waals surface area contributed by atoms with Crippen LogP contribution in [0.1, 0.15) is 39.1 Å². The lowest BCUT2D eigenvalue weighted by atomic mass is 10.3. The molecule has 0 bridgehead atoms. The van der Waals surface area contributed by atoms with Crippen LogP contribution in [0.25, 0.3) is 5.69 Å². The van der Waals surface area contributed by atoms with Gasteiger partial charge in [-0.15, -0.1) is 0 Å². The first kappa shape index (κ1) is 19.7. The van der Waals surface area contributed by atoms with E-state index in [1.54, 1.807) is 31.2 Å². The van der Waals surface area contributed by atoms with Gasteiger partial charge >= 0.3 is 6.18 Å². The van der Waals surface area contributed by atoms with E-state index in [1.165, 1.54) is 4.68 Å². The van der Waals surface area contributed by atoms with Crippen molar-refractivity contribution in [3.05, 3.63) is 46.2 Å². The van der Waals surface area contributed by atoms with E-state index in [0.29, 0.717) is 11.4 Å². The van der Waals surface area contributed by atoms with Gasteiger partial charge in [-0.2, -0.15) is 18.3 Å². The summed E-state index contributed by atoms with van der Waals surface area (Å²) in [6, 6.07) is 7.93. The van der Waals surface area contributed by atoms with Crippen LogP contribution in [0.4, 0.5) is 13.2 Å². The number of nitrogens with zero attached hydrogens (tertiary/aromatic N) is 2. The zero-order chi connectivity index (χ0) is 16.6.